The number of ketones is 1. The maximum atomic E-state index is 12.3. The van der Waals surface area contributed by atoms with E-state index in [1.165, 1.54) is 11.3 Å². The number of benzene rings is 1. The zero-order chi connectivity index (χ0) is 15.1. The van der Waals surface area contributed by atoms with Crippen LogP contribution in [0.3, 0.4) is 0 Å². The summed E-state index contributed by atoms with van der Waals surface area (Å²) in [6, 6.07) is 8.71. The second-order valence-electron chi connectivity index (χ2n) is 5.31. The Balaban J connectivity index is 1.58. The van der Waals surface area contributed by atoms with E-state index in [1.54, 1.807) is 24.3 Å². The highest BCUT2D eigenvalue weighted by Gasteiger charge is 2.32. The Labute approximate surface area is 131 Å². The molecule has 0 saturated heterocycles. The van der Waals surface area contributed by atoms with E-state index in [1.807, 2.05) is 17.5 Å². The Bertz CT molecular complexity index is 785. The van der Waals surface area contributed by atoms with Crippen LogP contribution in [0.15, 0.2) is 41.5 Å². The Kier molecular flexibility index (Phi) is 3.08. The minimum absolute atomic E-state index is 0.0325. The zero-order valence-electron chi connectivity index (χ0n) is 11.6. The molecule has 4 rings (SSSR count). The second kappa shape index (κ2) is 5.10. The molecule has 1 aromatic carbocycles. The van der Waals surface area contributed by atoms with Gasteiger partial charge >= 0.3 is 5.97 Å². The summed E-state index contributed by atoms with van der Waals surface area (Å²) in [5.41, 5.74) is 0.494. The summed E-state index contributed by atoms with van der Waals surface area (Å²) in [6.45, 7) is 0. The van der Waals surface area contributed by atoms with Gasteiger partial charge in [0.15, 0.2) is 5.76 Å². The van der Waals surface area contributed by atoms with Gasteiger partial charge in [-0.1, -0.05) is 6.07 Å². The largest absolute Gasteiger partial charge is 0.452 e. The number of carbonyl (C=O) groups excluding carboxylic acids is 2. The van der Waals surface area contributed by atoms with Crippen LogP contribution < -0.4 is 9.47 Å². The molecule has 110 valence electrons. The standard InChI is InChI=1S/C17H12O4S/c18-16-13-6-5-11(20-17(19)10-3-4-10)8-14(13)21-15(16)9-12-2-1-7-22-12/h1-2,5-10H,3-4H2/b15-9-. The monoisotopic (exact) mass is 312 g/mol. The molecule has 0 N–H and O–H groups in total. The van der Waals surface area contributed by atoms with Gasteiger partial charge in [-0.05, 0) is 36.4 Å². The molecule has 2 aliphatic rings. The molecule has 1 aromatic heterocycles. The number of thiophene rings is 1. The Hall–Kier alpha value is -2.40. The summed E-state index contributed by atoms with van der Waals surface area (Å²) in [5, 5.41) is 1.94. The van der Waals surface area contributed by atoms with Crippen molar-refractivity contribution in [1.29, 1.82) is 0 Å². The van der Waals surface area contributed by atoms with E-state index in [0.717, 1.165) is 17.7 Å². The number of fused-ring (bicyclic) bond motifs is 1. The normalized spacial score (nSPS) is 18.2. The van der Waals surface area contributed by atoms with Gasteiger partial charge in [-0.15, -0.1) is 11.3 Å². The summed E-state index contributed by atoms with van der Waals surface area (Å²) in [5.74, 6) is 0.824. The van der Waals surface area contributed by atoms with Gasteiger partial charge in [-0.25, -0.2) is 0 Å². The number of rotatable bonds is 3. The molecule has 1 aliphatic heterocycles. The summed E-state index contributed by atoms with van der Waals surface area (Å²) in [4.78, 5) is 24.9. The van der Waals surface area contributed by atoms with Crippen molar-refractivity contribution < 1.29 is 19.1 Å². The molecule has 1 aliphatic carbocycles. The molecular weight excluding hydrogens is 300 g/mol. The van der Waals surface area contributed by atoms with Crippen molar-refractivity contribution in [3.8, 4) is 11.5 Å². The number of hydrogen-bond donors (Lipinski definition) is 0. The fourth-order valence-electron chi connectivity index (χ4n) is 2.25. The van der Waals surface area contributed by atoms with E-state index in [4.69, 9.17) is 9.47 Å². The molecule has 22 heavy (non-hydrogen) atoms. The highest BCUT2D eigenvalue weighted by molar-refractivity contribution is 7.10. The number of hydrogen-bond acceptors (Lipinski definition) is 5. The smallest absolute Gasteiger partial charge is 0.314 e. The van der Waals surface area contributed by atoms with Gasteiger partial charge in [0.1, 0.15) is 11.5 Å². The fraction of sp³-hybridized carbons (Fsp3) is 0.176. The highest BCUT2D eigenvalue weighted by atomic mass is 32.1. The van der Waals surface area contributed by atoms with Crippen molar-refractivity contribution >= 4 is 29.2 Å². The van der Waals surface area contributed by atoms with E-state index >= 15 is 0 Å². The van der Waals surface area contributed by atoms with E-state index in [9.17, 15) is 9.59 Å². The Morgan fingerprint density at radius 3 is 2.91 bits per heavy atom. The summed E-state index contributed by atoms with van der Waals surface area (Å²) in [6.07, 6.45) is 3.52. The lowest BCUT2D eigenvalue weighted by Gasteiger charge is -2.04. The Morgan fingerprint density at radius 2 is 2.18 bits per heavy atom. The summed E-state index contributed by atoms with van der Waals surface area (Å²) >= 11 is 1.53. The summed E-state index contributed by atoms with van der Waals surface area (Å²) in [7, 11) is 0. The molecule has 1 saturated carbocycles. The lowest BCUT2D eigenvalue weighted by molar-refractivity contribution is -0.135. The predicted molar refractivity (Wildman–Crippen MR) is 82.1 cm³/mol. The third kappa shape index (κ3) is 2.44. The van der Waals surface area contributed by atoms with Crippen LogP contribution in [0.2, 0.25) is 0 Å². The van der Waals surface area contributed by atoms with Crippen molar-refractivity contribution in [2.45, 2.75) is 12.8 Å². The van der Waals surface area contributed by atoms with Crippen LogP contribution in [0.25, 0.3) is 6.08 Å². The molecule has 0 bridgehead atoms. The maximum absolute atomic E-state index is 12.3. The topological polar surface area (TPSA) is 52.6 Å². The third-order valence-electron chi connectivity index (χ3n) is 3.59. The first-order valence-corrected chi connectivity index (χ1v) is 7.92. The number of carbonyl (C=O) groups is 2. The quantitative estimate of drug-likeness (QED) is 0.493. The molecule has 0 radical (unpaired) electrons. The second-order valence-corrected chi connectivity index (χ2v) is 6.29. The van der Waals surface area contributed by atoms with E-state index in [0.29, 0.717) is 22.8 Å². The zero-order valence-corrected chi connectivity index (χ0v) is 12.4. The number of Topliss-reactive ketones (excluding diaryl/α,β-unsaturated/α-hetero) is 1. The lowest BCUT2D eigenvalue weighted by atomic mass is 10.1. The van der Waals surface area contributed by atoms with Crippen LogP contribution in [0, 0.1) is 5.92 Å². The number of esters is 1. The van der Waals surface area contributed by atoms with Crippen molar-refractivity contribution in [1.82, 2.24) is 0 Å². The molecule has 2 aromatic rings. The van der Waals surface area contributed by atoms with E-state index < -0.39 is 0 Å². The molecule has 1 fully saturated rings. The minimum atomic E-state index is -0.210. The van der Waals surface area contributed by atoms with Gasteiger partial charge in [-0.3, -0.25) is 9.59 Å². The van der Waals surface area contributed by atoms with Crippen LogP contribution in [0.5, 0.6) is 11.5 Å². The molecule has 0 atom stereocenters. The van der Waals surface area contributed by atoms with E-state index in [2.05, 4.69) is 0 Å². The first kappa shape index (κ1) is 13.3. The van der Waals surface area contributed by atoms with Gasteiger partial charge in [0, 0.05) is 17.0 Å². The summed E-state index contributed by atoms with van der Waals surface area (Å²) < 4.78 is 10.9. The SMILES string of the molecule is O=C1/C(=C/c2cccs2)Oc2cc(OC(=O)C3CC3)ccc21. The van der Waals surface area contributed by atoms with Crippen LogP contribution in [0.1, 0.15) is 28.1 Å². The van der Waals surface area contributed by atoms with Crippen molar-refractivity contribution in [3.63, 3.8) is 0 Å². The number of ether oxygens (including phenoxy) is 2. The molecular formula is C17H12O4S. The van der Waals surface area contributed by atoms with Gasteiger partial charge in [-0.2, -0.15) is 0 Å². The third-order valence-corrected chi connectivity index (χ3v) is 4.41. The Morgan fingerprint density at radius 1 is 1.32 bits per heavy atom. The predicted octanol–water partition coefficient (Wildman–Crippen LogP) is 3.68. The average molecular weight is 312 g/mol. The minimum Gasteiger partial charge on any atom is -0.452 e. The molecule has 0 unspecified atom stereocenters. The van der Waals surface area contributed by atoms with E-state index in [-0.39, 0.29) is 17.7 Å². The lowest BCUT2D eigenvalue weighted by Crippen LogP contribution is -2.09. The van der Waals surface area contributed by atoms with Crippen molar-refractivity contribution in [2.75, 3.05) is 0 Å². The molecule has 0 spiro atoms. The highest BCUT2D eigenvalue weighted by Crippen LogP contribution is 2.36. The van der Waals surface area contributed by atoms with Gasteiger partial charge in [0.2, 0.25) is 5.78 Å². The molecule has 4 nitrogen and oxygen atoms in total. The first-order chi connectivity index (χ1) is 10.7. The average Bonchev–Trinajstić information content (AvgIpc) is 3.16. The van der Waals surface area contributed by atoms with Gasteiger partial charge in [0.05, 0.1) is 11.5 Å². The maximum Gasteiger partial charge on any atom is 0.314 e. The van der Waals surface area contributed by atoms with Crippen molar-refractivity contribution in [3.05, 3.63) is 51.9 Å². The van der Waals surface area contributed by atoms with Crippen LogP contribution in [0.4, 0.5) is 0 Å². The first-order valence-electron chi connectivity index (χ1n) is 7.04. The van der Waals surface area contributed by atoms with Crippen LogP contribution in [-0.2, 0) is 4.79 Å². The van der Waals surface area contributed by atoms with Gasteiger partial charge < -0.3 is 9.47 Å². The van der Waals surface area contributed by atoms with Crippen LogP contribution in [-0.4, -0.2) is 11.8 Å². The molecule has 0 amide bonds. The molecule has 2 heterocycles. The van der Waals surface area contributed by atoms with Gasteiger partial charge in [0.25, 0.3) is 0 Å². The molecule has 5 heteroatoms. The fourth-order valence-corrected chi connectivity index (χ4v) is 2.90. The van der Waals surface area contributed by atoms with Crippen LogP contribution >= 0.6 is 11.3 Å². The van der Waals surface area contributed by atoms with Crippen molar-refractivity contribution in [2.24, 2.45) is 5.92 Å². The number of allylic oxidation sites excluding steroid dienone is 1.